The second kappa shape index (κ2) is 16.3. The zero-order valence-corrected chi connectivity index (χ0v) is 37.1. The van der Waals surface area contributed by atoms with Gasteiger partial charge in [0.25, 0.3) is 11.8 Å². The van der Waals surface area contributed by atoms with Crippen molar-refractivity contribution in [1.29, 1.82) is 0 Å². The molecular weight excluding hydrogens is 783 g/mol. The predicted molar refractivity (Wildman–Crippen MR) is 236 cm³/mol. The summed E-state index contributed by atoms with van der Waals surface area (Å²) in [5.74, 6) is 4.50. The second-order valence-corrected chi connectivity index (χ2v) is 22.3. The fraction of sp³-hybridized carbons (Fsp3) is 0.731. The van der Waals surface area contributed by atoms with E-state index in [9.17, 15) is 18.4 Å². The van der Waals surface area contributed by atoms with Crippen molar-refractivity contribution in [2.45, 2.75) is 151 Å². The van der Waals surface area contributed by atoms with E-state index in [-0.39, 0.29) is 22.6 Å². The summed E-state index contributed by atoms with van der Waals surface area (Å²) in [6, 6.07) is 18.6. The van der Waals surface area contributed by atoms with Gasteiger partial charge in [0.1, 0.15) is 11.5 Å². The van der Waals surface area contributed by atoms with Crippen molar-refractivity contribution in [3.8, 4) is 11.5 Å². The first-order chi connectivity index (χ1) is 30.1. The third-order valence-electron chi connectivity index (χ3n) is 17.3. The van der Waals surface area contributed by atoms with Gasteiger partial charge in [-0.1, -0.05) is 36.4 Å². The molecule has 2 spiro atoms. The summed E-state index contributed by atoms with van der Waals surface area (Å²) < 4.78 is 40.5. The average molecular weight is 853 g/mol. The van der Waals surface area contributed by atoms with E-state index >= 15 is 0 Å². The van der Waals surface area contributed by atoms with Crippen molar-refractivity contribution < 1.29 is 27.8 Å². The number of piperidine rings is 2. The lowest BCUT2D eigenvalue weighted by atomic mass is 9.77. The van der Waals surface area contributed by atoms with Gasteiger partial charge in [-0.15, -0.1) is 0 Å². The topological polar surface area (TPSA) is 65.6 Å². The number of rotatable bonds is 12. The Kier molecular flexibility index (Phi) is 10.9. The molecule has 4 saturated heterocycles. The lowest BCUT2D eigenvalue weighted by molar-refractivity contribution is -0.151. The largest absolute Gasteiger partial charge is 0.493 e. The molecule has 4 aliphatic heterocycles. The Morgan fingerprint density at radius 3 is 1.24 bits per heavy atom. The van der Waals surface area contributed by atoms with Gasteiger partial charge in [0, 0.05) is 49.1 Å². The van der Waals surface area contributed by atoms with E-state index < -0.39 is 11.3 Å². The molecule has 0 N–H and O–H groups in total. The van der Waals surface area contributed by atoms with Crippen LogP contribution in [0, 0.1) is 22.7 Å². The number of benzene rings is 2. The maximum Gasteiger partial charge on any atom is 0.260 e. The Balaban J connectivity index is 0.000000139. The zero-order valence-electron chi connectivity index (χ0n) is 37.1. The van der Waals surface area contributed by atoms with Gasteiger partial charge in [0.15, 0.2) is 11.3 Å². The molecule has 10 aliphatic rings. The van der Waals surface area contributed by atoms with Crippen molar-refractivity contribution in [2.24, 2.45) is 22.7 Å². The number of amides is 2. The van der Waals surface area contributed by atoms with Crippen LogP contribution in [0.1, 0.15) is 139 Å². The zero-order chi connectivity index (χ0) is 42.1. The molecule has 12 rings (SSSR count). The Morgan fingerprint density at radius 2 is 0.887 bits per heavy atom. The van der Waals surface area contributed by atoms with Crippen LogP contribution in [0.15, 0.2) is 48.5 Å². The van der Waals surface area contributed by atoms with Crippen LogP contribution in [-0.2, 0) is 9.59 Å². The molecule has 8 nitrogen and oxygen atoms in total. The number of carbonyl (C=O) groups is 2. The summed E-state index contributed by atoms with van der Waals surface area (Å²) in [5, 5.41) is 0. The van der Waals surface area contributed by atoms with Gasteiger partial charge in [-0.05, 0) is 189 Å². The number of hydrogen-bond donors (Lipinski definition) is 0. The predicted octanol–water partition coefficient (Wildman–Crippen LogP) is 9.08. The van der Waals surface area contributed by atoms with Crippen LogP contribution in [0.25, 0.3) is 0 Å². The minimum Gasteiger partial charge on any atom is -0.493 e. The lowest BCUT2D eigenvalue weighted by Crippen LogP contribution is -2.60. The normalized spacial score (nSPS) is 29.7. The van der Waals surface area contributed by atoms with Crippen LogP contribution >= 0.6 is 0 Å². The van der Waals surface area contributed by atoms with Gasteiger partial charge in [0.05, 0.1) is 13.2 Å². The Hall–Kier alpha value is -3.24. The summed E-state index contributed by atoms with van der Waals surface area (Å²) in [5.41, 5.74) is 0.343. The summed E-state index contributed by atoms with van der Waals surface area (Å²) in [4.78, 5) is 33.5. The van der Waals surface area contributed by atoms with E-state index in [1.165, 1.54) is 101 Å². The van der Waals surface area contributed by atoms with E-state index in [0.29, 0.717) is 49.6 Å². The molecule has 10 heteroatoms. The fourth-order valence-corrected chi connectivity index (χ4v) is 12.6. The number of nitrogens with zero attached hydrogens (tertiary/aromatic N) is 4. The first kappa shape index (κ1) is 41.5. The summed E-state index contributed by atoms with van der Waals surface area (Å²) in [7, 11) is 0. The average Bonchev–Trinajstić information content (AvgIpc) is 4.14. The molecule has 2 atom stereocenters. The van der Waals surface area contributed by atoms with Gasteiger partial charge >= 0.3 is 0 Å². The number of alkyl halides is 2. The Morgan fingerprint density at radius 1 is 0.516 bits per heavy atom. The highest BCUT2D eigenvalue weighted by Crippen LogP contribution is 2.53. The third-order valence-corrected chi connectivity index (χ3v) is 17.3. The standard InChI is InChI=1S/2C26H35FN2O2/c2*27-26(11-12-26)24(30)29-17-25(18-29)10-7-21(15-25)28-13-8-20(9-14-28)22-3-1-2-4-23(22)31-16-19-5-6-19/h2*1-4,19-21H,5-18H2/t2*21-/m10/s1. The Labute approximate surface area is 368 Å². The van der Waals surface area contributed by atoms with Crippen LogP contribution in [0.3, 0.4) is 0 Å². The van der Waals surface area contributed by atoms with Crippen LogP contribution in [0.5, 0.6) is 11.5 Å². The number of ether oxygens (including phenoxy) is 2. The van der Waals surface area contributed by atoms with E-state index in [2.05, 4.69) is 58.3 Å². The first-order valence-corrected chi connectivity index (χ1v) is 25.0. The van der Waals surface area contributed by atoms with E-state index in [0.717, 1.165) is 88.9 Å². The molecule has 10 fully saturated rings. The van der Waals surface area contributed by atoms with E-state index in [1.54, 1.807) is 9.80 Å². The van der Waals surface area contributed by atoms with Gasteiger partial charge in [-0.3, -0.25) is 9.59 Å². The molecular formula is C52H70F2N4O4. The molecule has 6 saturated carbocycles. The molecule has 2 aromatic rings. The van der Waals surface area contributed by atoms with Crippen LogP contribution < -0.4 is 9.47 Å². The molecule has 0 bridgehead atoms. The Bertz CT molecular complexity index is 1810. The highest BCUT2D eigenvalue weighted by Gasteiger charge is 2.60. The summed E-state index contributed by atoms with van der Waals surface area (Å²) >= 11 is 0. The van der Waals surface area contributed by atoms with Crippen molar-refractivity contribution in [3.05, 3.63) is 59.7 Å². The molecule has 4 heterocycles. The minimum atomic E-state index is -1.50. The lowest BCUT2D eigenvalue weighted by Gasteiger charge is -2.49. The molecule has 0 unspecified atom stereocenters. The smallest absolute Gasteiger partial charge is 0.260 e. The van der Waals surface area contributed by atoms with Crippen molar-refractivity contribution in [1.82, 2.24) is 19.6 Å². The molecule has 0 aromatic heterocycles. The van der Waals surface area contributed by atoms with Crippen LogP contribution in [0.4, 0.5) is 8.78 Å². The van der Waals surface area contributed by atoms with Crippen molar-refractivity contribution >= 4 is 11.8 Å². The molecule has 336 valence electrons. The maximum atomic E-state index is 14.1. The molecule has 62 heavy (non-hydrogen) atoms. The summed E-state index contributed by atoms with van der Waals surface area (Å²) in [6.45, 7) is 9.51. The number of hydrogen-bond acceptors (Lipinski definition) is 6. The highest BCUT2D eigenvalue weighted by molar-refractivity contribution is 5.89. The first-order valence-electron chi connectivity index (χ1n) is 25.0. The minimum absolute atomic E-state index is 0.232. The van der Waals surface area contributed by atoms with Gasteiger partial charge in [0.2, 0.25) is 0 Å². The van der Waals surface area contributed by atoms with Gasteiger partial charge in [-0.2, -0.15) is 0 Å². The van der Waals surface area contributed by atoms with Gasteiger partial charge < -0.3 is 29.1 Å². The van der Waals surface area contributed by atoms with E-state index in [4.69, 9.17) is 9.47 Å². The van der Waals surface area contributed by atoms with Gasteiger partial charge in [-0.25, -0.2) is 8.78 Å². The second-order valence-electron chi connectivity index (χ2n) is 22.3. The number of carbonyl (C=O) groups excluding carboxylic acids is 2. The van der Waals surface area contributed by atoms with Crippen molar-refractivity contribution in [2.75, 3.05) is 65.6 Å². The summed E-state index contributed by atoms with van der Waals surface area (Å²) in [6.07, 6.45) is 19.0. The number of likely N-dealkylation sites (tertiary alicyclic amines) is 4. The fourth-order valence-electron chi connectivity index (χ4n) is 12.6. The van der Waals surface area contributed by atoms with Crippen molar-refractivity contribution in [3.63, 3.8) is 0 Å². The highest BCUT2D eigenvalue weighted by atomic mass is 19.1. The van der Waals surface area contributed by atoms with Crippen LogP contribution in [0.2, 0.25) is 0 Å². The third kappa shape index (κ3) is 8.66. The monoisotopic (exact) mass is 853 g/mol. The number of halogens is 2. The molecule has 2 amide bonds. The quantitative estimate of drug-likeness (QED) is 0.213. The maximum absolute atomic E-state index is 14.1. The SMILES string of the molecule is O=C(N1CC2(CC[C@@H](N3CCC(c4ccccc4OCC4CC4)CC3)C2)C1)C1(F)CC1.O=C(N1CC2(CC[C@H](N3CCC(c4ccccc4OCC4CC4)CC3)C2)C1)C1(F)CC1. The number of para-hydroxylation sites is 2. The molecule has 0 radical (unpaired) electrons. The van der Waals surface area contributed by atoms with E-state index in [1.807, 2.05) is 0 Å². The van der Waals surface area contributed by atoms with Crippen LogP contribution in [-0.4, -0.2) is 120 Å². The molecule has 2 aromatic carbocycles. The molecule has 6 aliphatic carbocycles.